The summed E-state index contributed by atoms with van der Waals surface area (Å²) in [4.78, 5) is 3.47. The van der Waals surface area contributed by atoms with Crippen LogP contribution in [0.5, 0.6) is 5.75 Å². The van der Waals surface area contributed by atoms with Crippen molar-refractivity contribution in [2.24, 2.45) is 5.73 Å². The fraction of sp³-hybridized carbons (Fsp3) is 0.263. The van der Waals surface area contributed by atoms with Crippen molar-refractivity contribution in [1.82, 2.24) is 4.98 Å². The Hall–Kier alpha value is -2.26. The molecular weight excluding hydrogens is 272 g/mol. The van der Waals surface area contributed by atoms with E-state index in [0.717, 1.165) is 12.2 Å². The predicted molar refractivity (Wildman–Crippen MR) is 91.5 cm³/mol. The van der Waals surface area contributed by atoms with E-state index in [0.29, 0.717) is 6.54 Å². The van der Waals surface area contributed by atoms with Crippen LogP contribution in [0.1, 0.15) is 22.7 Å². The third kappa shape index (κ3) is 2.72. The van der Waals surface area contributed by atoms with E-state index >= 15 is 0 Å². The monoisotopic (exact) mass is 294 g/mol. The molecule has 0 radical (unpaired) electrons. The first-order valence-electron chi connectivity index (χ1n) is 7.63. The number of hydrogen-bond donors (Lipinski definition) is 2. The second-order valence-electron chi connectivity index (χ2n) is 5.69. The summed E-state index contributed by atoms with van der Waals surface area (Å²) < 4.78 is 5.33. The fourth-order valence-electron chi connectivity index (χ4n) is 3.08. The van der Waals surface area contributed by atoms with Gasteiger partial charge in [0.15, 0.2) is 0 Å². The standard InChI is InChI=1S/C19H22N2O/c1-13-18(17-8-3-4-9-19(17)21-13)11-15(12-20)14-6-5-7-16(10-14)22-2/h3-10,15,21H,11-12,20H2,1-2H3. The maximum absolute atomic E-state index is 6.06. The zero-order chi connectivity index (χ0) is 15.5. The number of H-pyrrole nitrogens is 1. The highest BCUT2D eigenvalue weighted by molar-refractivity contribution is 5.84. The van der Waals surface area contributed by atoms with Crippen LogP contribution < -0.4 is 10.5 Å². The Morgan fingerprint density at radius 1 is 1.14 bits per heavy atom. The van der Waals surface area contributed by atoms with Crippen LogP contribution in [0, 0.1) is 6.92 Å². The van der Waals surface area contributed by atoms with E-state index in [2.05, 4.69) is 48.3 Å². The molecule has 3 nitrogen and oxygen atoms in total. The van der Waals surface area contributed by atoms with Crippen molar-refractivity contribution in [2.45, 2.75) is 19.3 Å². The zero-order valence-corrected chi connectivity index (χ0v) is 13.1. The van der Waals surface area contributed by atoms with Crippen molar-refractivity contribution in [3.63, 3.8) is 0 Å². The van der Waals surface area contributed by atoms with Crippen LogP contribution in [-0.4, -0.2) is 18.6 Å². The molecule has 3 heteroatoms. The molecule has 0 spiro atoms. The van der Waals surface area contributed by atoms with Crippen molar-refractivity contribution < 1.29 is 4.74 Å². The Morgan fingerprint density at radius 2 is 1.95 bits per heavy atom. The Morgan fingerprint density at radius 3 is 2.73 bits per heavy atom. The van der Waals surface area contributed by atoms with Crippen LogP contribution in [0.2, 0.25) is 0 Å². The van der Waals surface area contributed by atoms with Gasteiger partial charge in [-0.05, 0) is 49.2 Å². The molecule has 0 aliphatic rings. The van der Waals surface area contributed by atoms with Gasteiger partial charge in [-0.3, -0.25) is 0 Å². The smallest absolute Gasteiger partial charge is 0.119 e. The normalized spacial score (nSPS) is 12.5. The van der Waals surface area contributed by atoms with Crippen LogP contribution >= 0.6 is 0 Å². The van der Waals surface area contributed by atoms with E-state index in [9.17, 15) is 0 Å². The number of hydrogen-bond acceptors (Lipinski definition) is 2. The third-order valence-electron chi connectivity index (χ3n) is 4.33. The van der Waals surface area contributed by atoms with E-state index in [4.69, 9.17) is 10.5 Å². The van der Waals surface area contributed by atoms with Gasteiger partial charge in [-0.15, -0.1) is 0 Å². The molecule has 0 fully saturated rings. The lowest BCUT2D eigenvalue weighted by molar-refractivity contribution is 0.413. The summed E-state index contributed by atoms with van der Waals surface area (Å²) >= 11 is 0. The molecule has 0 bridgehead atoms. The highest BCUT2D eigenvalue weighted by atomic mass is 16.5. The molecule has 1 unspecified atom stereocenters. The van der Waals surface area contributed by atoms with Crippen LogP contribution in [-0.2, 0) is 6.42 Å². The summed E-state index contributed by atoms with van der Waals surface area (Å²) in [6, 6.07) is 16.6. The second-order valence-corrected chi connectivity index (χ2v) is 5.69. The quantitative estimate of drug-likeness (QED) is 0.752. The average Bonchev–Trinajstić information content (AvgIpc) is 2.88. The highest BCUT2D eigenvalue weighted by Crippen LogP contribution is 2.29. The number of para-hydroxylation sites is 1. The summed E-state index contributed by atoms with van der Waals surface area (Å²) in [6.45, 7) is 2.75. The number of methoxy groups -OCH3 is 1. The minimum absolute atomic E-state index is 0.285. The second kappa shape index (κ2) is 6.24. The van der Waals surface area contributed by atoms with Gasteiger partial charge in [0, 0.05) is 22.5 Å². The summed E-state index contributed by atoms with van der Waals surface area (Å²) in [6.07, 6.45) is 0.930. The zero-order valence-electron chi connectivity index (χ0n) is 13.1. The fourth-order valence-corrected chi connectivity index (χ4v) is 3.08. The number of aromatic nitrogens is 1. The Balaban J connectivity index is 1.96. The first-order valence-corrected chi connectivity index (χ1v) is 7.63. The van der Waals surface area contributed by atoms with Gasteiger partial charge in [0.05, 0.1) is 7.11 Å². The lowest BCUT2D eigenvalue weighted by Crippen LogP contribution is -2.15. The van der Waals surface area contributed by atoms with Crippen molar-refractivity contribution in [2.75, 3.05) is 13.7 Å². The molecule has 22 heavy (non-hydrogen) atoms. The van der Waals surface area contributed by atoms with Gasteiger partial charge in [-0.1, -0.05) is 30.3 Å². The van der Waals surface area contributed by atoms with Gasteiger partial charge in [0.1, 0.15) is 5.75 Å². The molecule has 3 rings (SSSR count). The minimum Gasteiger partial charge on any atom is -0.497 e. The van der Waals surface area contributed by atoms with Gasteiger partial charge in [-0.2, -0.15) is 0 Å². The first-order chi connectivity index (χ1) is 10.7. The predicted octanol–water partition coefficient (Wildman–Crippen LogP) is 3.77. The van der Waals surface area contributed by atoms with Crippen molar-refractivity contribution in [1.29, 1.82) is 0 Å². The van der Waals surface area contributed by atoms with Crippen LogP contribution in [0.4, 0.5) is 0 Å². The summed E-state index contributed by atoms with van der Waals surface area (Å²) in [5.74, 6) is 1.17. The summed E-state index contributed by atoms with van der Waals surface area (Å²) in [5.41, 5.74) is 11.1. The topological polar surface area (TPSA) is 51.0 Å². The van der Waals surface area contributed by atoms with E-state index < -0.39 is 0 Å². The number of nitrogens with two attached hydrogens (primary N) is 1. The lowest BCUT2D eigenvalue weighted by Gasteiger charge is -2.16. The molecule has 0 aliphatic heterocycles. The largest absolute Gasteiger partial charge is 0.497 e. The maximum Gasteiger partial charge on any atom is 0.119 e. The number of aromatic amines is 1. The molecule has 0 aliphatic carbocycles. The van der Waals surface area contributed by atoms with Gasteiger partial charge < -0.3 is 15.5 Å². The molecule has 0 saturated heterocycles. The number of aryl methyl sites for hydroxylation is 1. The Labute approximate surface area is 131 Å². The average molecular weight is 294 g/mol. The molecule has 2 aromatic carbocycles. The lowest BCUT2D eigenvalue weighted by atomic mass is 9.90. The number of fused-ring (bicyclic) bond motifs is 1. The SMILES string of the molecule is COc1cccc(C(CN)Cc2c(C)[nH]c3ccccc23)c1. The van der Waals surface area contributed by atoms with Gasteiger partial charge in [0.2, 0.25) is 0 Å². The van der Waals surface area contributed by atoms with E-state index in [1.807, 2.05) is 12.1 Å². The van der Waals surface area contributed by atoms with Gasteiger partial charge in [0.25, 0.3) is 0 Å². The molecule has 0 saturated carbocycles. The van der Waals surface area contributed by atoms with Crippen LogP contribution in [0.25, 0.3) is 10.9 Å². The van der Waals surface area contributed by atoms with Gasteiger partial charge >= 0.3 is 0 Å². The number of ether oxygens (including phenoxy) is 1. The molecule has 0 amide bonds. The van der Waals surface area contributed by atoms with Crippen LogP contribution in [0.15, 0.2) is 48.5 Å². The van der Waals surface area contributed by atoms with Gasteiger partial charge in [-0.25, -0.2) is 0 Å². The van der Waals surface area contributed by atoms with Crippen molar-refractivity contribution in [3.05, 3.63) is 65.4 Å². The van der Waals surface area contributed by atoms with E-state index in [-0.39, 0.29) is 5.92 Å². The van der Waals surface area contributed by atoms with E-state index in [1.165, 1.54) is 27.7 Å². The number of rotatable bonds is 5. The molecule has 1 heterocycles. The summed E-state index contributed by atoms with van der Waals surface area (Å²) in [7, 11) is 1.69. The van der Waals surface area contributed by atoms with Crippen molar-refractivity contribution in [3.8, 4) is 5.75 Å². The van der Waals surface area contributed by atoms with Crippen molar-refractivity contribution >= 4 is 10.9 Å². The Bertz CT molecular complexity index is 776. The molecule has 1 atom stereocenters. The molecule has 1 aromatic heterocycles. The highest BCUT2D eigenvalue weighted by Gasteiger charge is 2.16. The molecule has 3 N–H and O–H groups in total. The summed E-state index contributed by atoms with van der Waals surface area (Å²) in [5, 5.41) is 1.29. The maximum atomic E-state index is 6.06. The number of nitrogens with one attached hydrogen (secondary N) is 1. The third-order valence-corrected chi connectivity index (χ3v) is 4.33. The number of benzene rings is 2. The van der Waals surface area contributed by atoms with Crippen LogP contribution in [0.3, 0.4) is 0 Å². The minimum atomic E-state index is 0.285. The molecule has 114 valence electrons. The first kappa shape index (κ1) is 14.7. The molecule has 3 aromatic rings. The molecular formula is C19H22N2O. The van der Waals surface area contributed by atoms with E-state index in [1.54, 1.807) is 7.11 Å². The Kier molecular flexibility index (Phi) is 4.16.